The highest BCUT2D eigenvalue weighted by molar-refractivity contribution is 7.17. The second-order valence-corrected chi connectivity index (χ2v) is 9.94. The maximum absolute atomic E-state index is 12.7. The summed E-state index contributed by atoms with van der Waals surface area (Å²) in [6.45, 7) is 7.73. The highest BCUT2D eigenvalue weighted by Crippen LogP contribution is 2.30. The minimum atomic E-state index is -0.513. The Morgan fingerprint density at radius 2 is 2.00 bits per heavy atom. The maximum Gasteiger partial charge on any atom is 0.259 e. The molecule has 1 aliphatic rings. The molecule has 7 heteroatoms. The molecule has 0 atom stereocenters. The number of amides is 1. The van der Waals surface area contributed by atoms with Crippen molar-refractivity contribution in [3.8, 4) is 5.75 Å². The molecule has 0 saturated heterocycles. The summed E-state index contributed by atoms with van der Waals surface area (Å²) < 4.78 is 7.73. The van der Waals surface area contributed by atoms with Crippen molar-refractivity contribution >= 4 is 27.9 Å². The molecule has 1 aromatic carbocycles. The number of hydrogen-bond acceptors (Lipinski definition) is 5. The van der Waals surface area contributed by atoms with E-state index >= 15 is 0 Å². The van der Waals surface area contributed by atoms with Crippen LogP contribution in [0.25, 0.3) is 4.96 Å². The molecule has 0 spiro atoms. The van der Waals surface area contributed by atoms with Crippen LogP contribution in [-0.4, -0.2) is 15.3 Å². The Balaban J connectivity index is 1.58. The van der Waals surface area contributed by atoms with Gasteiger partial charge in [-0.1, -0.05) is 26.8 Å². The molecular weight excluding hydrogens is 398 g/mol. The maximum atomic E-state index is 12.7. The Morgan fingerprint density at radius 1 is 1.23 bits per heavy atom. The zero-order valence-electron chi connectivity index (χ0n) is 17.9. The molecule has 3 aromatic rings. The van der Waals surface area contributed by atoms with Crippen molar-refractivity contribution < 1.29 is 9.53 Å². The third kappa shape index (κ3) is 4.12. The van der Waals surface area contributed by atoms with E-state index in [-0.39, 0.29) is 18.1 Å². The molecule has 0 bridgehead atoms. The molecule has 1 amide bonds. The van der Waals surface area contributed by atoms with E-state index in [0.717, 1.165) is 35.5 Å². The summed E-state index contributed by atoms with van der Waals surface area (Å²) in [5.41, 5.74) is 2.79. The number of nitrogens with one attached hydrogen (secondary N) is 1. The molecule has 1 aliphatic carbocycles. The van der Waals surface area contributed by atoms with Crippen LogP contribution in [0.4, 0.5) is 5.69 Å². The van der Waals surface area contributed by atoms with Gasteiger partial charge in [-0.3, -0.25) is 14.0 Å². The molecule has 6 nitrogen and oxygen atoms in total. The van der Waals surface area contributed by atoms with Crippen molar-refractivity contribution in [2.75, 3.05) is 5.32 Å². The first-order chi connectivity index (χ1) is 14.2. The summed E-state index contributed by atoms with van der Waals surface area (Å²) in [4.78, 5) is 31.8. The van der Waals surface area contributed by atoms with Crippen LogP contribution in [-0.2, 0) is 24.2 Å². The van der Waals surface area contributed by atoms with Gasteiger partial charge in [-0.05, 0) is 50.3 Å². The number of benzene rings is 1. The SMILES string of the molecule is Cc1ccc(OCc2cc(=O)n3c4c(sc3n2)CCCC4)c(NC(=O)C(C)(C)C)c1. The third-order valence-corrected chi connectivity index (χ3v) is 6.40. The highest BCUT2D eigenvalue weighted by Gasteiger charge is 2.23. The van der Waals surface area contributed by atoms with Crippen LogP contribution in [0.5, 0.6) is 5.75 Å². The predicted octanol–water partition coefficient (Wildman–Crippen LogP) is 4.51. The number of rotatable bonds is 4. The molecule has 1 N–H and O–H groups in total. The fourth-order valence-electron chi connectivity index (χ4n) is 3.54. The first kappa shape index (κ1) is 20.6. The fraction of sp³-hybridized carbons (Fsp3) is 0.435. The number of hydrogen-bond donors (Lipinski definition) is 1. The number of carbonyl (C=O) groups is 1. The molecule has 30 heavy (non-hydrogen) atoms. The van der Waals surface area contributed by atoms with Crippen LogP contribution in [0.15, 0.2) is 29.1 Å². The largest absolute Gasteiger partial charge is 0.485 e. The summed E-state index contributed by atoms with van der Waals surface area (Å²) in [6.07, 6.45) is 4.25. The van der Waals surface area contributed by atoms with Gasteiger partial charge < -0.3 is 10.1 Å². The molecule has 2 aromatic heterocycles. The van der Waals surface area contributed by atoms with Gasteiger partial charge in [0.25, 0.3) is 5.56 Å². The molecule has 158 valence electrons. The van der Waals surface area contributed by atoms with Crippen LogP contribution in [0.3, 0.4) is 0 Å². The van der Waals surface area contributed by atoms with Gasteiger partial charge in [0.05, 0.1) is 11.4 Å². The lowest BCUT2D eigenvalue weighted by molar-refractivity contribution is -0.123. The summed E-state index contributed by atoms with van der Waals surface area (Å²) >= 11 is 1.61. The smallest absolute Gasteiger partial charge is 0.259 e. The van der Waals surface area contributed by atoms with E-state index in [1.807, 2.05) is 45.9 Å². The molecule has 2 heterocycles. The van der Waals surface area contributed by atoms with Gasteiger partial charge in [0.1, 0.15) is 12.4 Å². The lowest BCUT2D eigenvalue weighted by Crippen LogP contribution is -2.27. The average Bonchev–Trinajstić information content (AvgIpc) is 3.05. The van der Waals surface area contributed by atoms with Crippen molar-refractivity contribution in [1.29, 1.82) is 0 Å². The molecule has 0 aliphatic heterocycles. The van der Waals surface area contributed by atoms with Gasteiger partial charge >= 0.3 is 0 Å². The Bertz CT molecular complexity index is 1170. The van der Waals surface area contributed by atoms with Crippen molar-refractivity contribution in [2.24, 2.45) is 5.41 Å². The highest BCUT2D eigenvalue weighted by atomic mass is 32.1. The van der Waals surface area contributed by atoms with E-state index in [1.54, 1.807) is 21.8 Å². The van der Waals surface area contributed by atoms with Crippen LogP contribution in [0.1, 0.15) is 55.4 Å². The third-order valence-electron chi connectivity index (χ3n) is 5.25. The van der Waals surface area contributed by atoms with Crippen LogP contribution in [0.2, 0.25) is 0 Å². The monoisotopic (exact) mass is 425 g/mol. The van der Waals surface area contributed by atoms with Gasteiger partial charge in [0.2, 0.25) is 5.91 Å². The normalized spacial score (nSPS) is 13.9. The Labute approximate surface area is 179 Å². The first-order valence-electron chi connectivity index (χ1n) is 10.3. The Morgan fingerprint density at radius 3 is 2.77 bits per heavy atom. The van der Waals surface area contributed by atoms with E-state index in [1.165, 1.54) is 11.3 Å². The molecule has 0 fully saturated rings. The van der Waals surface area contributed by atoms with Crippen molar-refractivity contribution in [3.05, 3.63) is 56.4 Å². The van der Waals surface area contributed by atoms with E-state index in [2.05, 4.69) is 10.3 Å². The number of nitrogens with zero attached hydrogens (tertiary/aromatic N) is 2. The molecule has 0 radical (unpaired) electrons. The average molecular weight is 426 g/mol. The van der Waals surface area contributed by atoms with Crippen LogP contribution in [0, 0.1) is 12.3 Å². The van der Waals surface area contributed by atoms with Crippen molar-refractivity contribution in [2.45, 2.75) is 60.0 Å². The zero-order chi connectivity index (χ0) is 21.5. The van der Waals surface area contributed by atoms with Gasteiger partial charge in [-0.25, -0.2) is 4.98 Å². The minimum Gasteiger partial charge on any atom is -0.485 e. The van der Waals surface area contributed by atoms with Gasteiger partial charge in [0.15, 0.2) is 4.96 Å². The first-order valence-corrected chi connectivity index (χ1v) is 11.1. The van der Waals surface area contributed by atoms with Gasteiger partial charge in [0, 0.05) is 22.1 Å². The lowest BCUT2D eigenvalue weighted by atomic mass is 9.95. The standard InChI is InChI=1S/C23H27N3O3S/c1-14-9-10-18(16(11-14)25-21(28)23(2,3)4)29-13-15-12-20(27)26-17-7-5-6-8-19(17)30-22(26)24-15/h9-12H,5-8,13H2,1-4H3,(H,25,28). The van der Waals surface area contributed by atoms with Crippen LogP contribution >= 0.6 is 11.3 Å². The van der Waals surface area contributed by atoms with Crippen molar-refractivity contribution in [1.82, 2.24) is 9.38 Å². The fourth-order valence-corrected chi connectivity index (χ4v) is 4.78. The summed E-state index contributed by atoms with van der Waals surface area (Å²) in [6, 6.07) is 7.21. The number of anilines is 1. The van der Waals surface area contributed by atoms with E-state index in [0.29, 0.717) is 17.1 Å². The van der Waals surface area contributed by atoms with Gasteiger partial charge in [-0.15, -0.1) is 11.3 Å². The number of fused-ring (bicyclic) bond motifs is 3. The molecule has 4 rings (SSSR count). The van der Waals surface area contributed by atoms with E-state index in [4.69, 9.17) is 4.74 Å². The predicted molar refractivity (Wildman–Crippen MR) is 120 cm³/mol. The number of aryl methyl sites for hydroxylation is 3. The van der Waals surface area contributed by atoms with Gasteiger partial charge in [-0.2, -0.15) is 0 Å². The summed E-state index contributed by atoms with van der Waals surface area (Å²) in [7, 11) is 0. The summed E-state index contributed by atoms with van der Waals surface area (Å²) in [5.74, 6) is 0.477. The molecule has 0 saturated carbocycles. The minimum absolute atomic E-state index is 0.0526. The quantitative estimate of drug-likeness (QED) is 0.668. The topological polar surface area (TPSA) is 72.7 Å². The van der Waals surface area contributed by atoms with E-state index < -0.39 is 5.41 Å². The second kappa shape index (κ2) is 7.87. The lowest BCUT2D eigenvalue weighted by Gasteiger charge is -2.20. The summed E-state index contributed by atoms with van der Waals surface area (Å²) in [5, 5.41) is 2.95. The Hall–Kier alpha value is -2.67. The Kier molecular flexibility index (Phi) is 5.40. The molecular formula is C23H27N3O3S. The number of thiazole rings is 1. The number of aromatic nitrogens is 2. The second-order valence-electron chi connectivity index (χ2n) is 8.88. The number of ether oxygens (including phenoxy) is 1. The molecule has 0 unspecified atom stereocenters. The zero-order valence-corrected chi connectivity index (χ0v) is 18.7. The van der Waals surface area contributed by atoms with E-state index in [9.17, 15) is 9.59 Å². The van der Waals surface area contributed by atoms with Crippen LogP contribution < -0.4 is 15.6 Å². The number of carbonyl (C=O) groups excluding carboxylic acids is 1. The van der Waals surface area contributed by atoms with Crippen molar-refractivity contribution in [3.63, 3.8) is 0 Å².